The molecule has 1 atom stereocenters. The van der Waals surface area contributed by atoms with Gasteiger partial charge in [-0.25, -0.2) is 4.79 Å². The number of benzene rings is 2. The normalized spacial score (nSPS) is 20.1. The molecule has 2 aromatic carbocycles. The fourth-order valence-electron chi connectivity index (χ4n) is 4.87. The van der Waals surface area contributed by atoms with Gasteiger partial charge in [0.2, 0.25) is 0 Å². The number of rotatable bonds is 1. The van der Waals surface area contributed by atoms with Gasteiger partial charge >= 0.3 is 5.97 Å². The van der Waals surface area contributed by atoms with Crippen LogP contribution in [0.5, 0.6) is 11.5 Å². The van der Waals surface area contributed by atoms with Crippen molar-refractivity contribution in [3.63, 3.8) is 0 Å². The van der Waals surface area contributed by atoms with Crippen molar-refractivity contribution in [3.05, 3.63) is 57.6 Å². The third kappa shape index (κ3) is 8.67. The number of phenols is 2. The Balaban J connectivity index is 2.13. The maximum absolute atomic E-state index is 12.2. The Morgan fingerprint density at radius 1 is 0.750 bits per heavy atom. The number of carboxylic acid groups (broad SMARTS) is 1. The van der Waals surface area contributed by atoms with Gasteiger partial charge in [-0.2, -0.15) is 0 Å². The highest BCUT2D eigenvalue weighted by molar-refractivity contribution is 5.88. The van der Waals surface area contributed by atoms with Crippen LogP contribution < -0.4 is 0 Å². The van der Waals surface area contributed by atoms with E-state index in [0.29, 0.717) is 35.5 Å². The predicted octanol–water partition coefficient (Wildman–Crippen LogP) is 6.22. The largest absolute Gasteiger partial charge is 0.507 e. The van der Waals surface area contributed by atoms with Crippen molar-refractivity contribution in [1.82, 2.24) is 0 Å². The molecule has 0 fully saturated rings. The molecule has 1 aliphatic heterocycles. The summed E-state index contributed by atoms with van der Waals surface area (Å²) in [5, 5.41) is 32.6. The lowest BCUT2D eigenvalue weighted by molar-refractivity contribution is -0.138. The highest BCUT2D eigenvalue weighted by Crippen LogP contribution is 2.39. The SMILES string of the molecule is CC(C)(C)c1cc2c(O)c(c1)C(C)(C)OCCOCCOC(C)(C)c1cc(C(C)(C)C)cc(c1O)C=N[C@H](C(=O)O)CN=C2. The Morgan fingerprint density at radius 2 is 1.18 bits per heavy atom. The number of hydrogen-bond acceptors (Lipinski definition) is 8. The molecule has 0 aliphatic carbocycles. The zero-order valence-electron chi connectivity index (χ0n) is 27.9. The molecule has 0 saturated carbocycles. The molecule has 0 spiro atoms. The first-order chi connectivity index (χ1) is 20.2. The van der Waals surface area contributed by atoms with Gasteiger partial charge in [-0.05, 0) is 73.9 Å². The van der Waals surface area contributed by atoms with Crippen LogP contribution in [0.1, 0.15) is 103 Å². The van der Waals surface area contributed by atoms with Gasteiger partial charge < -0.3 is 29.5 Å². The molecule has 0 radical (unpaired) electrons. The van der Waals surface area contributed by atoms with Gasteiger partial charge in [0, 0.05) is 34.7 Å². The number of phenolic OH excluding ortho intramolecular Hbond substituents is 2. The van der Waals surface area contributed by atoms with E-state index in [9.17, 15) is 20.1 Å². The van der Waals surface area contributed by atoms with E-state index in [1.165, 1.54) is 12.4 Å². The maximum Gasteiger partial charge on any atom is 0.330 e. The first-order valence-corrected chi connectivity index (χ1v) is 15.1. The van der Waals surface area contributed by atoms with Crippen molar-refractivity contribution in [2.45, 2.75) is 97.3 Å². The Labute approximate surface area is 262 Å². The summed E-state index contributed by atoms with van der Waals surface area (Å²) in [6.07, 6.45) is 2.87. The van der Waals surface area contributed by atoms with Gasteiger partial charge in [0.25, 0.3) is 0 Å². The van der Waals surface area contributed by atoms with Crippen LogP contribution in [-0.4, -0.2) is 72.7 Å². The van der Waals surface area contributed by atoms with Crippen LogP contribution in [0.3, 0.4) is 0 Å². The van der Waals surface area contributed by atoms with Crippen LogP contribution in [-0.2, 0) is 41.0 Å². The molecule has 44 heavy (non-hydrogen) atoms. The van der Waals surface area contributed by atoms with Gasteiger partial charge in [0.05, 0.1) is 44.2 Å². The first kappa shape index (κ1) is 35.2. The summed E-state index contributed by atoms with van der Waals surface area (Å²) in [5.41, 5.74) is 1.69. The van der Waals surface area contributed by atoms with Crippen molar-refractivity contribution < 1.29 is 34.3 Å². The van der Waals surface area contributed by atoms with Crippen molar-refractivity contribution in [2.24, 2.45) is 9.98 Å². The van der Waals surface area contributed by atoms with E-state index in [1.54, 1.807) is 0 Å². The van der Waals surface area contributed by atoms with Gasteiger partial charge in [0.15, 0.2) is 6.04 Å². The molecule has 0 saturated heterocycles. The summed E-state index contributed by atoms with van der Waals surface area (Å²) >= 11 is 0. The van der Waals surface area contributed by atoms with Gasteiger partial charge in [-0.3, -0.25) is 9.98 Å². The molecular formula is C35H50N2O7. The van der Waals surface area contributed by atoms with Gasteiger partial charge in [-0.1, -0.05) is 41.5 Å². The Bertz CT molecular complexity index is 1400. The van der Waals surface area contributed by atoms with E-state index in [0.717, 1.165) is 11.1 Å². The third-order valence-electron chi connectivity index (χ3n) is 7.88. The summed E-state index contributed by atoms with van der Waals surface area (Å²) in [6.45, 7) is 21.0. The van der Waals surface area contributed by atoms with Crippen LogP contribution in [0, 0.1) is 0 Å². The first-order valence-electron chi connectivity index (χ1n) is 15.1. The molecule has 1 heterocycles. The lowest BCUT2D eigenvalue weighted by Gasteiger charge is -2.30. The average Bonchev–Trinajstić information content (AvgIpc) is 2.89. The maximum atomic E-state index is 12.2. The number of carboxylic acids is 1. The number of aliphatic imine (C=N–C) groups is 2. The minimum Gasteiger partial charge on any atom is -0.507 e. The average molecular weight is 611 g/mol. The van der Waals surface area contributed by atoms with Crippen molar-refractivity contribution >= 4 is 18.4 Å². The molecule has 3 N–H and O–H groups in total. The molecule has 242 valence electrons. The van der Waals surface area contributed by atoms with Crippen LogP contribution in [0.2, 0.25) is 0 Å². The fraction of sp³-hybridized carbons (Fsp3) is 0.571. The zero-order valence-corrected chi connectivity index (χ0v) is 27.9. The number of hydrogen-bond donors (Lipinski definition) is 3. The number of nitrogens with zero attached hydrogens (tertiary/aromatic N) is 2. The van der Waals surface area contributed by atoms with Crippen LogP contribution in [0.4, 0.5) is 0 Å². The lowest BCUT2D eigenvalue weighted by atomic mass is 9.82. The highest BCUT2D eigenvalue weighted by Gasteiger charge is 2.31. The second-order valence-electron chi connectivity index (χ2n) is 14.4. The Hall–Kier alpha value is -3.27. The van der Waals surface area contributed by atoms with Crippen LogP contribution in [0.15, 0.2) is 34.3 Å². The van der Waals surface area contributed by atoms with E-state index >= 15 is 0 Å². The van der Waals surface area contributed by atoms with Gasteiger partial charge in [0.1, 0.15) is 11.5 Å². The monoisotopic (exact) mass is 610 g/mol. The smallest absolute Gasteiger partial charge is 0.330 e. The van der Waals surface area contributed by atoms with E-state index < -0.39 is 23.2 Å². The number of fused-ring (bicyclic) bond motifs is 4. The summed E-state index contributed by atoms with van der Waals surface area (Å²) in [6, 6.07) is 6.32. The highest BCUT2D eigenvalue weighted by atomic mass is 16.6. The summed E-state index contributed by atoms with van der Waals surface area (Å²) in [4.78, 5) is 20.9. The second kappa shape index (κ2) is 13.4. The molecular weight excluding hydrogens is 560 g/mol. The second-order valence-corrected chi connectivity index (χ2v) is 14.4. The molecule has 0 unspecified atom stereocenters. The Kier molecular flexibility index (Phi) is 10.7. The molecule has 1 aliphatic rings. The topological polar surface area (TPSA) is 130 Å². The third-order valence-corrected chi connectivity index (χ3v) is 7.88. The molecule has 2 aromatic rings. The minimum absolute atomic E-state index is 0.0148. The van der Waals surface area contributed by atoms with E-state index in [1.807, 2.05) is 52.0 Å². The van der Waals surface area contributed by atoms with Gasteiger partial charge in [-0.15, -0.1) is 0 Å². The van der Waals surface area contributed by atoms with Crippen molar-refractivity contribution in [1.29, 1.82) is 0 Å². The number of aliphatic carboxylic acids is 1. The molecule has 9 heteroatoms. The fourth-order valence-corrected chi connectivity index (χ4v) is 4.87. The van der Waals surface area contributed by atoms with E-state index in [-0.39, 0.29) is 42.1 Å². The molecule has 0 aromatic heterocycles. The quantitative estimate of drug-likeness (QED) is 0.350. The standard InChI is InChI=1S/C35H50N2O7/c1-32(2,3)24-15-22-19-36-21-28(31(40)41)37-20-23-16-25(33(4,5)6)18-27(30(23)39)35(9,10)44-14-12-42-11-13-43-34(7,8)26(17-24)29(22)38/h15-20,28,38-39H,11-14,21H2,1-10H3,(H,40,41)/t28-/m0/s1. The summed E-state index contributed by atoms with van der Waals surface area (Å²) < 4.78 is 18.2. The zero-order chi connectivity index (χ0) is 33.1. The molecule has 0 amide bonds. The molecule has 9 nitrogen and oxygen atoms in total. The molecule has 3 rings (SSSR count). The van der Waals surface area contributed by atoms with Crippen LogP contribution in [0.25, 0.3) is 0 Å². The van der Waals surface area contributed by atoms with E-state index in [2.05, 4.69) is 51.5 Å². The number of carbonyl (C=O) groups is 1. The molecule has 4 bridgehead atoms. The van der Waals surface area contributed by atoms with Crippen molar-refractivity contribution in [3.8, 4) is 11.5 Å². The van der Waals surface area contributed by atoms with Crippen molar-refractivity contribution in [2.75, 3.05) is 33.0 Å². The van der Waals surface area contributed by atoms with E-state index in [4.69, 9.17) is 14.2 Å². The number of aromatic hydroxyl groups is 2. The summed E-state index contributed by atoms with van der Waals surface area (Å²) in [7, 11) is 0. The summed E-state index contributed by atoms with van der Waals surface area (Å²) in [5.74, 6) is -1.17. The Morgan fingerprint density at radius 3 is 1.59 bits per heavy atom. The lowest BCUT2D eigenvalue weighted by Crippen LogP contribution is -2.27. The minimum atomic E-state index is -1.21. The number of ether oxygens (including phenoxy) is 3. The van der Waals surface area contributed by atoms with Crippen LogP contribution >= 0.6 is 0 Å². The predicted molar refractivity (Wildman–Crippen MR) is 174 cm³/mol.